The van der Waals surface area contributed by atoms with Gasteiger partial charge in [-0.05, 0) is 42.7 Å². The van der Waals surface area contributed by atoms with E-state index in [0.29, 0.717) is 0 Å². The third kappa shape index (κ3) is 2.84. The van der Waals surface area contributed by atoms with Gasteiger partial charge in [-0.15, -0.1) is 0 Å². The van der Waals surface area contributed by atoms with Gasteiger partial charge in [-0.1, -0.05) is 6.07 Å². The van der Waals surface area contributed by atoms with Crippen LogP contribution in [0.4, 0.5) is 0 Å². The van der Waals surface area contributed by atoms with Gasteiger partial charge < -0.3 is 9.84 Å². The van der Waals surface area contributed by atoms with Gasteiger partial charge in [0, 0.05) is 6.08 Å². The number of methoxy groups -OCH3 is 1. The third-order valence-electron chi connectivity index (χ3n) is 2.19. The summed E-state index contributed by atoms with van der Waals surface area (Å²) in [6.07, 6.45) is 1.20. The maximum Gasteiger partial charge on any atom is 0.328 e. The SMILES string of the molecule is COc1ccc(/C(C)=C/C(=O)O)cc1C. The van der Waals surface area contributed by atoms with Gasteiger partial charge in [-0.2, -0.15) is 0 Å². The number of carboxylic acids is 1. The highest BCUT2D eigenvalue weighted by Gasteiger charge is 2.02. The molecule has 3 heteroatoms. The van der Waals surface area contributed by atoms with Gasteiger partial charge >= 0.3 is 5.97 Å². The van der Waals surface area contributed by atoms with Crippen LogP contribution in [0.2, 0.25) is 0 Å². The summed E-state index contributed by atoms with van der Waals surface area (Å²) in [6, 6.07) is 5.60. The molecule has 0 aliphatic rings. The summed E-state index contributed by atoms with van der Waals surface area (Å²) in [4.78, 5) is 10.5. The molecular formula is C12H14O3. The van der Waals surface area contributed by atoms with Crippen molar-refractivity contribution in [1.29, 1.82) is 0 Å². The zero-order chi connectivity index (χ0) is 11.4. The summed E-state index contributed by atoms with van der Waals surface area (Å²) in [5, 5.41) is 8.61. The lowest BCUT2D eigenvalue weighted by Crippen LogP contribution is -1.92. The molecule has 0 aliphatic carbocycles. The number of ether oxygens (including phenoxy) is 1. The minimum Gasteiger partial charge on any atom is -0.496 e. The minimum atomic E-state index is -0.930. The van der Waals surface area contributed by atoms with E-state index in [1.165, 1.54) is 6.08 Å². The standard InChI is InChI=1S/C12H14O3/c1-8(7-12(13)14)10-4-5-11(15-3)9(2)6-10/h4-7H,1-3H3,(H,13,14)/b8-7+. The molecular weight excluding hydrogens is 192 g/mol. The van der Waals surface area contributed by atoms with E-state index in [9.17, 15) is 4.79 Å². The molecule has 0 amide bonds. The number of aryl methyl sites for hydroxylation is 1. The van der Waals surface area contributed by atoms with Crippen LogP contribution in [0.3, 0.4) is 0 Å². The maximum atomic E-state index is 10.5. The highest BCUT2D eigenvalue weighted by molar-refractivity contribution is 5.89. The predicted molar refractivity (Wildman–Crippen MR) is 59.0 cm³/mol. The van der Waals surface area contributed by atoms with Crippen LogP contribution in [0, 0.1) is 6.92 Å². The Hall–Kier alpha value is -1.77. The van der Waals surface area contributed by atoms with Crippen LogP contribution in [0.5, 0.6) is 5.75 Å². The Morgan fingerprint density at radius 1 is 1.47 bits per heavy atom. The molecule has 1 aromatic carbocycles. The largest absolute Gasteiger partial charge is 0.496 e. The van der Waals surface area contributed by atoms with Crippen LogP contribution in [0.25, 0.3) is 5.57 Å². The van der Waals surface area contributed by atoms with Crippen molar-refractivity contribution in [2.24, 2.45) is 0 Å². The zero-order valence-corrected chi connectivity index (χ0v) is 9.07. The van der Waals surface area contributed by atoms with Crippen LogP contribution in [-0.4, -0.2) is 18.2 Å². The number of hydrogen-bond acceptors (Lipinski definition) is 2. The van der Waals surface area contributed by atoms with Crippen molar-refractivity contribution in [2.75, 3.05) is 7.11 Å². The van der Waals surface area contributed by atoms with Crippen LogP contribution in [-0.2, 0) is 4.79 Å². The van der Waals surface area contributed by atoms with Gasteiger partial charge in [0.25, 0.3) is 0 Å². The van der Waals surface area contributed by atoms with Crippen molar-refractivity contribution < 1.29 is 14.6 Å². The first-order valence-electron chi connectivity index (χ1n) is 4.61. The van der Waals surface area contributed by atoms with E-state index in [1.807, 2.05) is 25.1 Å². The van der Waals surface area contributed by atoms with Gasteiger partial charge in [0.15, 0.2) is 0 Å². The van der Waals surface area contributed by atoms with Gasteiger partial charge in [-0.25, -0.2) is 4.79 Å². The normalized spacial score (nSPS) is 11.3. The lowest BCUT2D eigenvalue weighted by Gasteiger charge is -2.07. The van der Waals surface area contributed by atoms with Crippen LogP contribution in [0.15, 0.2) is 24.3 Å². The molecule has 0 atom stereocenters. The summed E-state index contributed by atoms with van der Waals surface area (Å²) < 4.78 is 5.13. The fourth-order valence-electron chi connectivity index (χ4n) is 1.39. The second-order valence-corrected chi connectivity index (χ2v) is 3.35. The number of benzene rings is 1. The first kappa shape index (κ1) is 11.3. The van der Waals surface area contributed by atoms with Crippen molar-refractivity contribution in [3.05, 3.63) is 35.4 Å². The van der Waals surface area contributed by atoms with Gasteiger partial charge in [-0.3, -0.25) is 0 Å². The Balaban J connectivity index is 3.07. The minimum absolute atomic E-state index is 0.730. The smallest absolute Gasteiger partial charge is 0.328 e. The second-order valence-electron chi connectivity index (χ2n) is 3.35. The molecule has 0 unspecified atom stereocenters. The van der Waals surface area contributed by atoms with E-state index in [2.05, 4.69) is 0 Å². The van der Waals surface area contributed by atoms with Gasteiger partial charge in [0.2, 0.25) is 0 Å². The molecule has 80 valence electrons. The number of hydrogen-bond donors (Lipinski definition) is 1. The average molecular weight is 206 g/mol. The van der Waals surface area contributed by atoms with Crippen molar-refractivity contribution in [2.45, 2.75) is 13.8 Å². The van der Waals surface area contributed by atoms with Crippen molar-refractivity contribution in [3.8, 4) is 5.75 Å². The topological polar surface area (TPSA) is 46.5 Å². The fourth-order valence-corrected chi connectivity index (χ4v) is 1.39. The number of rotatable bonds is 3. The molecule has 0 aromatic heterocycles. The Bertz CT molecular complexity index is 405. The molecule has 0 radical (unpaired) electrons. The Morgan fingerprint density at radius 2 is 2.13 bits per heavy atom. The summed E-state index contributed by atoms with van der Waals surface area (Å²) in [5.41, 5.74) is 2.62. The highest BCUT2D eigenvalue weighted by Crippen LogP contribution is 2.22. The molecule has 0 bridgehead atoms. The quantitative estimate of drug-likeness (QED) is 0.773. The average Bonchev–Trinajstić information content (AvgIpc) is 2.16. The van der Waals surface area contributed by atoms with Crippen molar-refractivity contribution >= 4 is 11.5 Å². The molecule has 3 nitrogen and oxygen atoms in total. The van der Waals surface area contributed by atoms with E-state index in [-0.39, 0.29) is 0 Å². The Labute approximate surface area is 89.0 Å². The Morgan fingerprint density at radius 3 is 2.60 bits per heavy atom. The first-order valence-corrected chi connectivity index (χ1v) is 4.61. The summed E-state index contributed by atoms with van der Waals surface area (Å²) in [7, 11) is 1.61. The first-order chi connectivity index (χ1) is 7.04. The zero-order valence-electron chi connectivity index (χ0n) is 9.07. The van der Waals surface area contributed by atoms with Crippen molar-refractivity contribution in [3.63, 3.8) is 0 Å². The monoisotopic (exact) mass is 206 g/mol. The highest BCUT2D eigenvalue weighted by atomic mass is 16.5. The van der Waals surface area contributed by atoms with Crippen LogP contribution in [0.1, 0.15) is 18.1 Å². The molecule has 15 heavy (non-hydrogen) atoms. The third-order valence-corrected chi connectivity index (χ3v) is 2.19. The number of aliphatic carboxylic acids is 1. The van der Waals surface area contributed by atoms with E-state index >= 15 is 0 Å². The fraction of sp³-hybridized carbons (Fsp3) is 0.250. The molecule has 0 spiro atoms. The molecule has 0 saturated heterocycles. The lowest BCUT2D eigenvalue weighted by atomic mass is 10.0. The van der Waals surface area contributed by atoms with E-state index in [0.717, 1.165) is 22.4 Å². The summed E-state index contributed by atoms with van der Waals surface area (Å²) in [5.74, 6) is -0.122. The summed E-state index contributed by atoms with van der Waals surface area (Å²) in [6.45, 7) is 3.70. The second kappa shape index (κ2) is 4.64. The molecule has 0 fully saturated rings. The van der Waals surface area contributed by atoms with E-state index < -0.39 is 5.97 Å². The van der Waals surface area contributed by atoms with Crippen LogP contribution >= 0.6 is 0 Å². The van der Waals surface area contributed by atoms with Crippen LogP contribution < -0.4 is 4.74 Å². The number of carbonyl (C=O) groups is 1. The molecule has 0 aliphatic heterocycles. The Kier molecular flexibility index (Phi) is 3.50. The molecule has 1 N–H and O–H groups in total. The molecule has 0 heterocycles. The molecule has 0 saturated carbocycles. The predicted octanol–water partition coefficient (Wildman–Crippen LogP) is 2.49. The van der Waals surface area contributed by atoms with Crippen molar-refractivity contribution in [1.82, 2.24) is 0 Å². The molecule has 1 aromatic rings. The molecule has 1 rings (SSSR count). The number of carboxylic acid groups (broad SMARTS) is 1. The maximum absolute atomic E-state index is 10.5. The summed E-state index contributed by atoms with van der Waals surface area (Å²) >= 11 is 0. The van der Waals surface area contributed by atoms with E-state index in [1.54, 1.807) is 14.0 Å². The van der Waals surface area contributed by atoms with Gasteiger partial charge in [0.1, 0.15) is 5.75 Å². The van der Waals surface area contributed by atoms with Gasteiger partial charge in [0.05, 0.1) is 7.11 Å². The van der Waals surface area contributed by atoms with E-state index in [4.69, 9.17) is 9.84 Å². The number of allylic oxidation sites excluding steroid dienone is 1. The lowest BCUT2D eigenvalue weighted by molar-refractivity contribution is -0.131.